The number of carbonyl (C=O) groups is 1. The highest BCUT2D eigenvalue weighted by molar-refractivity contribution is 6.11. The van der Waals surface area contributed by atoms with Gasteiger partial charge in [0, 0.05) is 67.2 Å². The summed E-state index contributed by atoms with van der Waals surface area (Å²) in [4.78, 5) is 16.6. The normalized spacial score (nSPS) is 22.1. The van der Waals surface area contributed by atoms with Crippen molar-refractivity contribution in [3.8, 4) is 0 Å². The van der Waals surface area contributed by atoms with E-state index < -0.39 is 29.0 Å². The number of carbonyl (C=O) groups excluding carboxylic acids is 1. The van der Waals surface area contributed by atoms with E-state index in [0.29, 0.717) is 25.3 Å². The molecule has 3 aromatic rings. The zero-order chi connectivity index (χ0) is 28.1. The summed E-state index contributed by atoms with van der Waals surface area (Å²) in [6.45, 7) is 1.20. The highest BCUT2D eigenvalue weighted by atomic mass is 19.4. The van der Waals surface area contributed by atoms with Crippen molar-refractivity contribution < 1.29 is 31.5 Å². The standard InChI is InChI=1S/C28H26F5N5O2/c1-36-16-34-35-23(36)8-26(14-40-15-26)17-3-2-4-18(5-17)38-9-21-20(24(38)39)6-19(7-22(21)28(31,32)33)37-12-25(13-37)10-27(29,30)11-25/h2-7,16H,8-15H2,1H3. The summed E-state index contributed by atoms with van der Waals surface area (Å²) in [5.41, 5.74) is -0.233. The number of fused-ring (bicyclic) bond motifs is 1. The summed E-state index contributed by atoms with van der Waals surface area (Å²) >= 11 is 0. The Morgan fingerprint density at radius 1 is 1.05 bits per heavy atom. The highest BCUT2D eigenvalue weighted by Gasteiger charge is 2.62. The fourth-order valence-electron chi connectivity index (χ4n) is 6.75. The van der Waals surface area contributed by atoms with Gasteiger partial charge in [-0.15, -0.1) is 10.2 Å². The average molecular weight is 560 g/mol. The maximum atomic E-state index is 14.2. The number of aryl methyl sites for hydroxylation is 1. The maximum Gasteiger partial charge on any atom is 0.416 e. The van der Waals surface area contributed by atoms with Crippen LogP contribution in [-0.4, -0.2) is 52.9 Å². The summed E-state index contributed by atoms with van der Waals surface area (Å²) in [6, 6.07) is 9.81. The molecule has 210 valence electrons. The van der Waals surface area contributed by atoms with Gasteiger partial charge in [0.25, 0.3) is 5.91 Å². The number of hydrogen-bond acceptors (Lipinski definition) is 5. The Morgan fingerprint density at radius 2 is 1.80 bits per heavy atom. The molecule has 12 heteroatoms. The van der Waals surface area contributed by atoms with Crippen molar-refractivity contribution in [2.24, 2.45) is 12.5 Å². The van der Waals surface area contributed by atoms with Gasteiger partial charge >= 0.3 is 6.18 Å². The monoisotopic (exact) mass is 559 g/mol. The van der Waals surface area contributed by atoms with Crippen molar-refractivity contribution in [2.45, 2.75) is 43.3 Å². The molecule has 7 rings (SSSR count). The molecule has 3 aliphatic heterocycles. The fraction of sp³-hybridized carbons (Fsp3) is 0.464. The number of halogens is 5. The van der Waals surface area contributed by atoms with Crippen LogP contribution in [0.4, 0.5) is 33.3 Å². The van der Waals surface area contributed by atoms with Crippen molar-refractivity contribution in [2.75, 3.05) is 36.1 Å². The summed E-state index contributed by atoms with van der Waals surface area (Å²) in [6.07, 6.45) is -2.99. The quantitative estimate of drug-likeness (QED) is 0.423. The molecule has 7 nitrogen and oxygen atoms in total. The van der Waals surface area contributed by atoms with E-state index in [1.54, 1.807) is 23.4 Å². The maximum absolute atomic E-state index is 14.2. The van der Waals surface area contributed by atoms with Crippen LogP contribution in [-0.2, 0) is 36.3 Å². The zero-order valence-electron chi connectivity index (χ0n) is 21.6. The van der Waals surface area contributed by atoms with Crippen molar-refractivity contribution in [1.29, 1.82) is 0 Å². The van der Waals surface area contributed by atoms with Gasteiger partial charge in [-0.2, -0.15) is 13.2 Å². The molecule has 2 aromatic carbocycles. The van der Waals surface area contributed by atoms with E-state index in [4.69, 9.17) is 4.74 Å². The number of amides is 1. The van der Waals surface area contributed by atoms with Crippen LogP contribution in [0, 0.1) is 5.41 Å². The number of nitrogens with zero attached hydrogens (tertiary/aromatic N) is 5. The molecule has 1 saturated carbocycles. The van der Waals surface area contributed by atoms with Gasteiger partial charge in [0.1, 0.15) is 12.2 Å². The smallest absolute Gasteiger partial charge is 0.379 e. The van der Waals surface area contributed by atoms with Gasteiger partial charge in [-0.05, 0) is 35.4 Å². The molecule has 2 saturated heterocycles. The van der Waals surface area contributed by atoms with E-state index in [1.807, 2.05) is 23.7 Å². The fourth-order valence-corrected chi connectivity index (χ4v) is 6.75. The number of rotatable bonds is 5. The number of hydrogen-bond donors (Lipinski definition) is 0. The van der Waals surface area contributed by atoms with Crippen LogP contribution in [0.3, 0.4) is 0 Å². The molecule has 0 bridgehead atoms. The largest absolute Gasteiger partial charge is 0.416 e. The lowest BCUT2D eigenvalue weighted by molar-refractivity contribution is -0.170. The number of benzene rings is 2. The van der Waals surface area contributed by atoms with Crippen LogP contribution in [0.15, 0.2) is 42.7 Å². The Hall–Kier alpha value is -3.54. The molecule has 1 amide bonds. The molecule has 1 spiro atoms. The first-order valence-corrected chi connectivity index (χ1v) is 13.1. The zero-order valence-corrected chi connectivity index (χ0v) is 21.6. The van der Waals surface area contributed by atoms with E-state index in [-0.39, 0.29) is 54.7 Å². The average Bonchev–Trinajstić information content (AvgIpc) is 3.39. The second kappa shape index (κ2) is 8.25. The topological polar surface area (TPSA) is 63.5 Å². The molecule has 0 N–H and O–H groups in total. The van der Waals surface area contributed by atoms with Crippen LogP contribution >= 0.6 is 0 Å². The number of ether oxygens (including phenoxy) is 1. The van der Waals surface area contributed by atoms with Crippen LogP contribution in [0.1, 0.15) is 45.7 Å². The van der Waals surface area contributed by atoms with Gasteiger partial charge in [0.2, 0.25) is 5.92 Å². The van der Waals surface area contributed by atoms with E-state index in [2.05, 4.69) is 10.2 Å². The van der Waals surface area contributed by atoms with Gasteiger partial charge in [-0.1, -0.05) is 12.1 Å². The highest BCUT2D eigenvalue weighted by Crippen LogP contribution is 2.57. The van der Waals surface area contributed by atoms with Crippen molar-refractivity contribution in [3.05, 3.63) is 70.8 Å². The van der Waals surface area contributed by atoms with Gasteiger partial charge in [0.15, 0.2) is 0 Å². The molecule has 1 aromatic heterocycles. The molecular weight excluding hydrogens is 533 g/mol. The molecule has 40 heavy (non-hydrogen) atoms. The second-order valence-corrected chi connectivity index (χ2v) is 11.8. The molecule has 0 radical (unpaired) electrons. The van der Waals surface area contributed by atoms with Gasteiger partial charge in [-0.25, -0.2) is 8.78 Å². The Kier molecular flexibility index (Phi) is 5.24. The molecule has 0 atom stereocenters. The van der Waals surface area contributed by atoms with Crippen molar-refractivity contribution in [1.82, 2.24) is 14.8 Å². The Bertz CT molecular complexity index is 1510. The Labute approximate surface area is 226 Å². The summed E-state index contributed by atoms with van der Waals surface area (Å²) < 4.78 is 76.9. The molecule has 1 aliphatic carbocycles. The third-order valence-corrected chi connectivity index (χ3v) is 8.85. The third kappa shape index (κ3) is 3.90. The molecule has 4 heterocycles. The van der Waals surface area contributed by atoms with Gasteiger partial charge < -0.3 is 19.1 Å². The lowest BCUT2D eigenvalue weighted by atomic mass is 9.61. The molecule has 4 aliphatic rings. The molecule has 3 fully saturated rings. The van der Waals surface area contributed by atoms with Crippen molar-refractivity contribution >= 4 is 17.3 Å². The van der Waals surface area contributed by atoms with Crippen LogP contribution in [0.5, 0.6) is 0 Å². The lowest BCUT2D eigenvalue weighted by Gasteiger charge is -2.59. The Balaban J connectivity index is 1.18. The Morgan fingerprint density at radius 3 is 2.40 bits per heavy atom. The minimum Gasteiger partial charge on any atom is -0.379 e. The van der Waals surface area contributed by atoms with E-state index in [9.17, 15) is 26.7 Å². The van der Waals surface area contributed by atoms with Crippen LogP contribution in [0.2, 0.25) is 0 Å². The summed E-state index contributed by atoms with van der Waals surface area (Å²) in [5, 5.41) is 8.13. The van der Waals surface area contributed by atoms with Crippen molar-refractivity contribution in [3.63, 3.8) is 0 Å². The number of anilines is 2. The SMILES string of the molecule is Cn1cnnc1CC1(c2cccc(N3Cc4c(cc(N5CC6(C5)CC(F)(F)C6)cc4C(F)(F)F)C3=O)c2)COC1. The predicted molar refractivity (Wildman–Crippen MR) is 134 cm³/mol. The minimum absolute atomic E-state index is 0.00380. The summed E-state index contributed by atoms with van der Waals surface area (Å²) in [5.74, 6) is -2.44. The van der Waals surface area contributed by atoms with E-state index in [0.717, 1.165) is 17.5 Å². The minimum atomic E-state index is -4.67. The first kappa shape index (κ1) is 25.4. The predicted octanol–water partition coefficient (Wildman–Crippen LogP) is 4.74. The number of alkyl halides is 5. The van der Waals surface area contributed by atoms with Crippen LogP contribution in [0.25, 0.3) is 0 Å². The first-order valence-electron chi connectivity index (χ1n) is 13.1. The third-order valence-electron chi connectivity index (χ3n) is 8.85. The lowest BCUT2D eigenvalue weighted by Crippen LogP contribution is -2.66. The first-order chi connectivity index (χ1) is 18.9. The van der Waals surface area contributed by atoms with Gasteiger partial charge in [-0.3, -0.25) is 4.79 Å². The van der Waals surface area contributed by atoms with E-state index in [1.165, 1.54) is 11.0 Å². The number of aromatic nitrogens is 3. The molecule has 0 unspecified atom stereocenters. The summed E-state index contributed by atoms with van der Waals surface area (Å²) in [7, 11) is 1.85. The van der Waals surface area contributed by atoms with Gasteiger partial charge in [0.05, 0.1) is 25.3 Å². The van der Waals surface area contributed by atoms with E-state index >= 15 is 0 Å². The van der Waals surface area contributed by atoms with Crippen LogP contribution < -0.4 is 9.80 Å². The second-order valence-electron chi connectivity index (χ2n) is 11.8. The molecular formula is C28H26F5N5O2.